The Balaban J connectivity index is 1.39. The molecule has 3 aliphatic rings. The van der Waals surface area contributed by atoms with Crippen LogP contribution in [0.5, 0.6) is 0 Å². The average molecular weight is 453 g/mol. The Morgan fingerprint density at radius 2 is 1.72 bits per heavy atom. The number of carbonyl (C=O) groups is 2. The molecule has 0 saturated carbocycles. The van der Waals surface area contributed by atoms with Crippen LogP contribution in [0.4, 0.5) is 10.5 Å². The number of halogens is 1. The number of rotatable bonds is 3. The van der Waals surface area contributed by atoms with E-state index in [1.54, 1.807) is 7.05 Å². The Hall–Kier alpha value is -3.26. The molecule has 2 aromatic carbocycles. The first-order valence-electron chi connectivity index (χ1n) is 10.7. The highest BCUT2D eigenvalue weighted by molar-refractivity contribution is 6.30. The standard InChI is InChI=1S/C23H25ClN6O2/c1-27-20-19(21(31)26-23(27)32)30(15-16-6-3-2-4-7-16)22(25-20)29-12-10-28(11-13-29)18-9-5-8-17(24)14-18/h2-9,14,19-20H,10-13,15H2,1H3,(H,26,31,32). The van der Waals surface area contributed by atoms with E-state index in [0.717, 1.165) is 48.4 Å². The Morgan fingerprint density at radius 3 is 2.44 bits per heavy atom. The van der Waals surface area contributed by atoms with Gasteiger partial charge < -0.3 is 19.6 Å². The van der Waals surface area contributed by atoms with Crippen LogP contribution in [0.25, 0.3) is 0 Å². The molecule has 9 heteroatoms. The van der Waals surface area contributed by atoms with Crippen molar-refractivity contribution >= 4 is 35.2 Å². The zero-order valence-corrected chi connectivity index (χ0v) is 18.6. The van der Waals surface area contributed by atoms with Crippen LogP contribution < -0.4 is 10.2 Å². The van der Waals surface area contributed by atoms with Crippen molar-refractivity contribution in [1.29, 1.82) is 0 Å². The second kappa shape index (κ2) is 8.35. The molecule has 8 nitrogen and oxygen atoms in total. The lowest BCUT2D eigenvalue weighted by atomic mass is 10.1. The molecule has 0 aromatic heterocycles. The number of piperazine rings is 1. The van der Waals surface area contributed by atoms with Gasteiger partial charge in [-0.1, -0.05) is 48.0 Å². The molecule has 2 saturated heterocycles. The highest BCUT2D eigenvalue weighted by atomic mass is 35.5. The molecule has 0 bridgehead atoms. The number of urea groups is 1. The van der Waals surface area contributed by atoms with Crippen LogP contribution in [0, 0.1) is 0 Å². The average Bonchev–Trinajstić information content (AvgIpc) is 3.18. The maximum Gasteiger partial charge on any atom is 0.325 e. The zero-order valence-electron chi connectivity index (χ0n) is 17.8. The van der Waals surface area contributed by atoms with Crippen LogP contribution in [0.2, 0.25) is 5.02 Å². The van der Waals surface area contributed by atoms with Crippen molar-refractivity contribution in [2.24, 2.45) is 4.99 Å². The van der Waals surface area contributed by atoms with Gasteiger partial charge >= 0.3 is 6.03 Å². The third-order valence-electron chi connectivity index (χ3n) is 6.27. The number of benzene rings is 2. The van der Waals surface area contributed by atoms with E-state index in [9.17, 15) is 9.59 Å². The molecule has 2 atom stereocenters. The lowest BCUT2D eigenvalue weighted by Crippen LogP contribution is -2.64. The van der Waals surface area contributed by atoms with Gasteiger partial charge in [0.2, 0.25) is 0 Å². The Labute approximate surface area is 192 Å². The van der Waals surface area contributed by atoms with Gasteiger partial charge in [0.15, 0.2) is 18.2 Å². The third-order valence-corrected chi connectivity index (χ3v) is 6.51. The molecule has 2 aromatic rings. The molecule has 3 amide bonds. The summed E-state index contributed by atoms with van der Waals surface area (Å²) in [5.74, 6) is 0.469. The van der Waals surface area contributed by atoms with Crippen molar-refractivity contribution in [2.45, 2.75) is 18.8 Å². The molecule has 32 heavy (non-hydrogen) atoms. The summed E-state index contributed by atoms with van der Waals surface area (Å²) in [7, 11) is 1.68. The van der Waals surface area contributed by atoms with Gasteiger partial charge in [0.1, 0.15) is 0 Å². The molecule has 3 heterocycles. The fourth-order valence-corrected chi connectivity index (χ4v) is 4.75. The number of anilines is 1. The smallest absolute Gasteiger partial charge is 0.325 e. The molecular weight excluding hydrogens is 428 g/mol. The molecule has 0 aliphatic carbocycles. The maximum atomic E-state index is 12.8. The van der Waals surface area contributed by atoms with Gasteiger partial charge in [-0.15, -0.1) is 0 Å². The van der Waals surface area contributed by atoms with Gasteiger partial charge in [0.25, 0.3) is 5.91 Å². The van der Waals surface area contributed by atoms with Gasteiger partial charge in [0.05, 0.1) is 0 Å². The lowest BCUT2D eigenvalue weighted by molar-refractivity contribution is -0.127. The fraction of sp³-hybridized carbons (Fsp3) is 0.348. The van der Waals surface area contributed by atoms with E-state index in [4.69, 9.17) is 16.6 Å². The van der Waals surface area contributed by atoms with Crippen molar-refractivity contribution < 1.29 is 9.59 Å². The summed E-state index contributed by atoms with van der Waals surface area (Å²) >= 11 is 6.17. The van der Waals surface area contributed by atoms with Crippen LogP contribution in [-0.2, 0) is 11.3 Å². The number of aliphatic imine (C=N–C) groups is 1. The van der Waals surface area contributed by atoms with Gasteiger partial charge in [-0.2, -0.15) is 0 Å². The largest absolute Gasteiger partial charge is 0.368 e. The summed E-state index contributed by atoms with van der Waals surface area (Å²) < 4.78 is 0. The number of fused-ring (bicyclic) bond motifs is 1. The summed E-state index contributed by atoms with van der Waals surface area (Å²) in [4.78, 5) is 38.0. The molecule has 1 N–H and O–H groups in total. The quantitative estimate of drug-likeness (QED) is 0.773. The number of hydrogen-bond donors (Lipinski definition) is 1. The first kappa shape index (κ1) is 20.6. The van der Waals surface area contributed by atoms with E-state index in [1.807, 2.05) is 53.4 Å². The Morgan fingerprint density at radius 1 is 1.00 bits per heavy atom. The van der Waals surface area contributed by atoms with Gasteiger partial charge in [-0.3, -0.25) is 10.1 Å². The second-order valence-corrected chi connectivity index (χ2v) is 8.70. The van der Waals surface area contributed by atoms with E-state index >= 15 is 0 Å². The third kappa shape index (κ3) is 3.75. The topological polar surface area (TPSA) is 71.5 Å². The summed E-state index contributed by atoms with van der Waals surface area (Å²) in [5.41, 5.74) is 2.19. The van der Waals surface area contributed by atoms with Gasteiger partial charge in [0, 0.05) is 50.5 Å². The second-order valence-electron chi connectivity index (χ2n) is 8.26. The number of likely N-dealkylation sites (N-methyl/N-ethyl adjacent to an activating group) is 1. The molecule has 0 radical (unpaired) electrons. The number of hydrogen-bond acceptors (Lipinski definition) is 6. The van der Waals surface area contributed by atoms with E-state index in [2.05, 4.69) is 21.2 Å². The number of imide groups is 1. The van der Waals surface area contributed by atoms with Crippen molar-refractivity contribution in [3.8, 4) is 0 Å². The summed E-state index contributed by atoms with van der Waals surface area (Å²) in [6.07, 6.45) is -0.527. The molecule has 3 aliphatic heterocycles. The van der Waals surface area contributed by atoms with E-state index in [-0.39, 0.29) is 5.91 Å². The Kier molecular flexibility index (Phi) is 5.38. The van der Waals surface area contributed by atoms with Gasteiger partial charge in [-0.25, -0.2) is 9.79 Å². The SMILES string of the molecule is CN1C(=O)NC(=O)C2C1N=C(N1CCN(c3cccc(Cl)c3)CC1)N2Cc1ccccc1. The number of guanidine groups is 1. The number of amides is 3. The normalized spacial score (nSPS) is 23.2. The van der Waals surface area contributed by atoms with Crippen LogP contribution in [0.1, 0.15) is 5.56 Å². The molecule has 166 valence electrons. The summed E-state index contributed by atoms with van der Waals surface area (Å²) in [6.45, 7) is 3.69. The monoisotopic (exact) mass is 452 g/mol. The molecule has 2 fully saturated rings. The predicted octanol–water partition coefficient (Wildman–Crippen LogP) is 2.21. The first-order chi connectivity index (χ1) is 15.5. The number of nitrogens with one attached hydrogen (secondary N) is 1. The molecule has 0 spiro atoms. The highest BCUT2D eigenvalue weighted by Crippen LogP contribution is 2.28. The van der Waals surface area contributed by atoms with E-state index < -0.39 is 18.2 Å². The minimum absolute atomic E-state index is 0.301. The van der Waals surface area contributed by atoms with Crippen molar-refractivity contribution in [3.05, 3.63) is 65.2 Å². The van der Waals surface area contributed by atoms with Crippen molar-refractivity contribution in [3.63, 3.8) is 0 Å². The number of carbonyl (C=O) groups excluding carboxylic acids is 2. The van der Waals surface area contributed by atoms with Crippen molar-refractivity contribution in [1.82, 2.24) is 20.0 Å². The van der Waals surface area contributed by atoms with Crippen LogP contribution >= 0.6 is 11.6 Å². The minimum Gasteiger partial charge on any atom is -0.368 e. The van der Waals surface area contributed by atoms with E-state index in [0.29, 0.717) is 6.54 Å². The summed E-state index contributed by atoms with van der Waals surface area (Å²) in [6, 6.07) is 16.9. The van der Waals surface area contributed by atoms with Crippen LogP contribution in [0.15, 0.2) is 59.6 Å². The first-order valence-corrected chi connectivity index (χ1v) is 11.1. The van der Waals surface area contributed by atoms with E-state index in [1.165, 1.54) is 4.90 Å². The fourth-order valence-electron chi connectivity index (χ4n) is 4.56. The molecule has 2 unspecified atom stereocenters. The lowest BCUT2D eigenvalue weighted by Gasteiger charge is -2.41. The predicted molar refractivity (Wildman–Crippen MR) is 124 cm³/mol. The minimum atomic E-state index is -0.543. The van der Waals surface area contributed by atoms with Gasteiger partial charge in [-0.05, 0) is 23.8 Å². The maximum absolute atomic E-state index is 12.8. The van der Waals surface area contributed by atoms with Crippen molar-refractivity contribution in [2.75, 3.05) is 38.1 Å². The zero-order chi connectivity index (χ0) is 22.2. The van der Waals surface area contributed by atoms with Crippen LogP contribution in [-0.4, -0.2) is 78.0 Å². The van der Waals surface area contributed by atoms with Crippen LogP contribution in [0.3, 0.4) is 0 Å². The highest BCUT2D eigenvalue weighted by Gasteiger charge is 2.49. The molecular formula is C23H25ClN6O2. The number of nitrogens with zero attached hydrogens (tertiary/aromatic N) is 5. The molecule has 5 rings (SSSR count). The Bertz CT molecular complexity index is 1050. The summed E-state index contributed by atoms with van der Waals surface area (Å²) in [5, 5.41) is 3.19.